The van der Waals surface area contributed by atoms with Crippen LogP contribution in [0.25, 0.3) is 21.8 Å². The summed E-state index contributed by atoms with van der Waals surface area (Å²) in [6.45, 7) is 0.265. The Morgan fingerprint density at radius 3 is 2.49 bits per heavy atom. The molecular formula is C30H28N4O3. The van der Waals surface area contributed by atoms with Crippen LogP contribution in [0.4, 0.5) is 0 Å². The molecule has 5 rings (SSSR count). The van der Waals surface area contributed by atoms with Crippen molar-refractivity contribution < 1.29 is 14.7 Å². The summed E-state index contributed by atoms with van der Waals surface area (Å²) in [7, 11) is 0. The molecule has 2 heterocycles. The Kier molecular flexibility index (Phi) is 7.23. The largest absolute Gasteiger partial charge is 0.383 e. The fourth-order valence-corrected chi connectivity index (χ4v) is 4.49. The van der Waals surface area contributed by atoms with E-state index in [1.54, 1.807) is 6.20 Å². The van der Waals surface area contributed by atoms with Gasteiger partial charge >= 0.3 is 0 Å². The maximum Gasteiger partial charge on any atom is 0.249 e. The van der Waals surface area contributed by atoms with Gasteiger partial charge in [0.2, 0.25) is 11.8 Å². The van der Waals surface area contributed by atoms with E-state index in [1.165, 1.54) is 0 Å². The first-order valence-electron chi connectivity index (χ1n) is 12.3. The van der Waals surface area contributed by atoms with Gasteiger partial charge in [0.15, 0.2) is 0 Å². The number of nitrogens with one attached hydrogen (secondary N) is 3. The van der Waals surface area contributed by atoms with E-state index in [0.717, 1.165) is 38.5 Å². The highest BCUT2D eigenvalue weighted by Crippen LogP contribution is 2.20. The normalized spacial score (nSPS) is 12.8. The summed E-state index contributed by atoms with van der Waals surface area (Å²) in [6.07, 6.45) is 2.70. The molecule has 0 aliphatic carbocycles. The lowest BCUT2D eigenvalue weighted by Crippen LogP contribution is -2.51. The van der Waals surface area contributed by atoms with E-state index in [1.807, 2.05) is 91.1 Å². The Bertz CT molecular complexity index is 1520. The van der Waals surface area contributed by atoms with E-state index in [4.69, 9.17) is 0 Å². The molecule has 0 unspecified atom stereocenters. The van der Waals surface area contributed by atoms with Crippen LogP contribution in [0.2, 0.25) is 0 Å². The average molecular weight is 493 g/mol. The van der Waals surface area contributed by atoms with Gasteiger partial charge in [0.25, 0.3) is 0 Å². The first-order chi connectivity index (χ1) is 18.1. The van der Waals surface area contributed by atoms with Crippen molar-refractivity contribution in [2.24, 2.45) is 0 Å². The molecule has 0 saturated carbocycles. The van der Waals surface area contributed by atoms with Crippen LogP contribution in [0.1, 0.15) is 16.7 Å². The van der Waals surface area contributed by atoms with Crippen molar-refractivity contribution in [3.8, 4) is 0 Å². The lowest BCUT2D eigenvalue weighted by atomic mass is 9.98. The van der Waals surface area contributed by atoms with E-state index in [0.29, 0.717) is 0 Å². The maximum atomic E-state index is 13.4. The number of aromatic amines is 1. The Balaban J connectivity index is 1.33. The summed E-state index contributed by atoms with van der Waals surface area (Å²) in [5.41, 5.74) is 3.41. The van der Waals surface area contributed by atoms with Crippen molar-refractivity contribution in [3.63, 3.8) is 0 Å². The molecule has 0 aliphatic rings. The van der Waals surface area contributed by atoms with Gasteiger partial charge in [0.05, 0.1) is 0 Å². The molecule has 37 heavy (non-hydrogen) atoms. The second-order valence-corrected chi connectivity index (χ2v) is 9.09. The van der Waals surface area contributed by atoms with Crippen molar-refractivity contribution in [2.75, 3.05) is 0 Å². The van der Waals surface area contributed by atoms with Gasteiger partial charge in [-0.3, -0.25) is 9.59 Å². The first kappa shape index (κ1) is 24.2. The van der Waals surface area contributed by atoms with Crippen molar-refractivity contribution in [1.29, 1.82) is 0 Å². The molecule has 5 aromatic rings. The number of carbonyl (C=O) groups is 2. The summed E-state index contributed by atoms with van der Waals surface area (Å²) in [5, 5.41) is 19.3. The molecule has 0 aliphatic heterocycles. The monoisotopic (exact) mass is 492 g/mol. The van der Waals surface area contributed by atoms with Gasteiger partial charge in [0.1, 0.15) is 17.8 Å². The fourth-order valence-electron chi connectivity index (χ4n) is 4.49. The molecule has 0 saturated heterocycles. The highest BCUT2D eigenvalue weighted by atomic mass is 16.3. The lowest BCUT2D eigenvalue weighted by molar-refractivity contribution is -0.134. The van der Waals surface area contributed by atoms with Crippen molar-refractivity contribution in [1.82, 2.24) is 20.6 Å². The Labute approximate surface area is 214 Å². The summed E-state index contributed by atoms with van der Waals surface area (Å²) in [6, 6.07) is 26.2. The molecule has 186 valence electrons. The van der Waals surface area contributed by atoms with E-state index < -0.39 is 18.1 Å². The van der Waals surface area contributed by atoms with Crippen LogP contribution in [-0.2, 0) is 29.0 Å². The third-order valence-corrected chi connectivity index (χ3v) is 6.43. The average Bonchev–Trinajstić information content (AvgIpc) is 3.40. The van der Waals surface area contributed by atoms with Gasteiger partial charge in [-0.2, -0.15) is 0 Å². The van der Waals surface area contributed by atoms with Crippen molar-refractivity contribution in [3.05, 3.63) is 114 Å². The van der Waals surface area contributed by atoms with Crippen molar-refractivity contribution >= 4 is 33.6 Å². The molecule has 7 nitrogen and oxygen atoms in total. The van der Waals surface area contributed by atoms with Crippen LogP contribution in [0.5, 0.6) is 0 Å². The molecule has 4 N–H and O–H groups in total. The topological polar surface area (TPSA) is 107 Å². The Hall–Kier alpha value is -4.49. The molecular weight excluding hydrogens is 464 g/mol. The van der Waals surface area contributed by atoms with E-state index >= 15 is 0 Å². The van der Waals surface area contributed by atoms with E-state index in [9.17, 15) is 14.7 Å². The second kappa shape index (κ2) is 11.1. The zero-order valence-corrected chi connectivity index (χ0v) is 20.2. The number of amides is 2. The lowest BCUT2D eigenvalue weighted by Gasteiger charge is -2.21. The van der Waals surface area contributed by atoms with Crippen LogP contribution in [0.3, 0.4) is 0 Å². The Morgan fingerprint density at radius 1 is 0.838 bits per heavy atom. The number of nitrogens with zero attached hydrogens (tertiary/aromatic N) is 1. The molecule has 0 fully saturated rings. The number of benzene rings is 3. The zero-order chi connectivity index (χ0) is 25.6. The molecule has 0 radical (unpaired) electrons. The molecule has 3 aromatic carbocycles. The van der Waals surface area contributed by atoms with Crippen LogP contribution in [0.15, 0.2) is 97.3 Å². The minimum atomic E-state index is -1.27. The number of fused-ring (bicyclic) bond motifs is 2. The summed E-state index contributed by atoms with van der Waals surface area (Å²) >= 11 is 0. The number of carbonyl (C=O) groups excluding carboxylic acids is 2. The number of H-pyrrole nitrogens is 1. The van der Waals surface area contributed by atoms with Crippen molar-refractivity contribution in [2.45, 2.75) is 31.5 Å². The maximum absolute atomic E-state index is 13.4. The van der Waals surface area contributed by atoms with Gasteiger partial charge in [0, 0.05) is 37.2 Å². The fraction of sp³-hybridized carbons (Fsp3) is 0.167. The quantitative estimate of drug-likeness (QED) is 0.252. The SMILES string of the molecule is O=C(N[C@@H](Cc1cccc2ccccc12)C(=O)NCc1cnc2[nH]ccc2c1)[C@H](O)Cc1ccccc1. The Morgan fingerprint density at radius 2 is 1.62 bits per heavy atom. The predicted molar refractivity (Wildman–Crippen MR) is 144 cm³/mol. The van der Waals surface area contributed by atoms with Crippen LogP contribution < -0.4 is 10.6 Å². The number of aliphatic hydroxyl groups is 1. The summed E-state index contributed by atoms with van der Waals surface area (Å²) in [4.78, 5) is 33.7. The smallest absolute Gasteiger partial charge is 0.249 e. The number of hydrogen-bond donors (Lipinski definition) is 4. The highest BCUT2D eigenvalue weighted by Gasteiger charge is 2.25. The van der Waals surface area contributed by atoms with E-state index in [-0.39, 0.29) is 25.3 Å². The summed E-state index contributed by atoms with van der Waals surface area (Å²) in [5.74, 6) is -0.915. The van der Waals surface area contributed by atoms with Gasteiger partial charge in [-0.15, -0.1) is 0 Å². The van der Waals surface area contributed by atoms with Crippen LogP contribution in [0, 0.1) is 0 Å². The molecule has 2 aromatic heterocycles. The zero-order valence-electron chi connectivity index (χ0n) is 20.2. The molecule has 2 amide bonds. The number of aliphatic hydroxyl groups excluding tert-OH is 1. The standard InChI is InChI=1S/C30H28N4O3/c35-27(16-20-7-2-1-3-8-20)30(37)34-26(17-23-11-6-10-22-9-4-5-12-25(22)23)29(36)33-19-21-15-24-13-14-31-28(24)32-18-21/h1-15,18,26-27,35H,16-17,19H2,(H,31,32)(H,33,36)(H,34,37)/t26-,27+/m0/s1. The highest BCUT2D eigenvalue weighted by molar-refractivity contribution is 5.91. The van der Waals surface area contributed by atoms with Gasteiger partial charge < -0.3 is 20.7 Å². The number of hydrogen-bond acceptors (Lipinski definition) is 4. The second-order valence-electron chi connectivity index (χ2n) is 9.09. The third-order valence-electron chi connectivity index (χ3n) is 6.43. The van der Waals surface area contributed by atoms with Gasteiger partial charge in [-0.25, -0.2) is 4.98 Å². The van der Waals surface area contributed by atoms with Crippen LogP contribution >= 0.6 is 0 Å². The molecule has 2 atom stereocenters. The van der Waals surface area contributed by atoms with Crippen LogP contribution in [-0.4, -0.2) is 39.0 Å². The molecule has 7 heteroatoms. The minimum Gasteiger partial charge on any atom is -0.383 e. The van der Waals surface area contributed by atoms with Gasteiger partial charge in [-0.1, -0.05) is 72.8 Å². The van der Waals surface area contributed by atoms with E-state index in [2.05, 4.69) is 20.6 Å². The number of aromatic nitrogens is 2. The molecule has 0 bridgehead atoms. The number of rotatable bonds is 9. The summed E-state index contributed by atoms with van der Waals surface area (Å²) < 4.78 is 0. The molecule has 0 spiro atoms. The minimum absolute atomic E-state index is 0.164. The number of pyridine rings is 1. The first-order valence-corrected chi connectivity index (χ1v) is 12.3. The van der Waals surface area contributed by atoms with Gasteiger partial charge in [-0.05, 0) is 39.6 Å². The third kappa shape index (κ3) is 5.85. The predicted octanol–water partition coefficient (Wildman–Crippen LogP) is 3.66.